The minimum Gasteiger partial charge on any atom is -0.480 e. The number of carbonyl (C=O) groups is 1. The Bertz CT molecular complexity index is 1310. The lowest BCUT2D eigenvalue weighted by molar-refractivity contribution is -0.136. The monoisotopic (exact) mass is 407 g/mol. The van der Waals surface area contributed by atoms with Crippen LogP contribution in [0.3, 0.4) is 0 Å². The topological polar surface area (TPSA) is 88.0 Å². The average molecular weight is 407 g/mol. The number of thioether (sulfide) groups is 1. The molecule has 2 aromatic heterocycles. The molecule has 0 bridgehead atoms. The van der Waals surface area contributed by atoms with Crippen LogP contribution in [0.25, 0.3) is 27.6 Å². The van der Waals surface area contributed by atoms with Crippen molar-refractivity contribution in [1.82, 2.24) is 14.5 Å². The fraction of sp³-hybridized carbons (Fsp3) is 0.227. The molecule has 0 amide bonds. The van der Waals surface area contributed by atoms with E-state index < -0.39 is 11.2 Å². The Labute approximate surface area is 171 Å². The SMILES string of the molecule is CC[C@@H](Sc1nc2c([nH]c3ccccc32)c(=O)n1-c1cccc(C)c1C)C(=O)O. The van der Waals surface area contributed by atoms with Crippen LogP contribution >= 0.6 is 11.8 Å². The Kier molecular flexibility index (Phi) is 4.92. The molecule has 2 aromatic carbocycles. The summed E-state index contributed by atoms with van der Waals surface area (Å²) in [5, 5.41) is 10.1. The van der Waals surface area contributed by atoms with Crippen molar-refractivity contribution in [2.45, 2.75) is 37.6 Å². The predicted molar refractivity (Wildman–Crippen MR) is 116 cm³/mol. The maximum Gasteiger partial charge on any atom is 0.317 e. The van der Waals surface area contributed by atoms with Crippen LogP contribution in [0.5, 0.6) is 0 Å². The Morgan fingerprint density at radius 2 is 1.97 bits per heavy atom. The number of nitrogens with one attached hydrogen (secondary N) is 1. The number of nitrogens with zero attached hydrogens (tertiary/aromatic N) is 2. The van der Waals surface area contributed by atoms with Crippen LogP contribution in [0.4, 0.5) is 0 Å². The quantitative estimate of drug-likeness (QED) is 0.377. The van der Waals surface area contributed by atoms with Crippen LogP contribution in [0, 0.1) is 13.8 Å². The predicted octanol–water partition coefficient (Wildman–Crippen LogP) is 4.44. The first kappa shape index (κ1) is 19.3. The van der Waals surface area contributed by atoms with Crippen molar-refractivity contribution >= 4 is 39.7 Å². The van der Waals surface area contributed by atoms with Crippen molar-refractivity contribution in [1.29, 1.82) is 0 Å². The van der Waals surface area contributed by atoms with Gasteiger partial charge in [0.15, 0.2) is 5.16 Å². The molecule has 0 unspecified atom stereocenters. The number of aryl methyl sites for hydroxylation is 1. The van der Waals surface area contributed by atoms with Crippen LogP contribution in [-0.4, -0.2) is 30.9 Å². The summed E-state index contributed by atoms with van der Waals surface area (Å²) in [6.45, 7) is 5.75. The van der Waals surface area contributed by atoms with Gasteiger partial charge in [-0.1, -0.05) is 49.0 Å². The molecule has 0 saturated carbocycles. The van der Waals surface area contributed by atoms with Gasteiger partial charge in [0.25, 0.3) is 5.56 Å². The number of aromatic amines is 1. The first-order valence-electron chi connectivity index (χ1n) is 9.42. The van der Waals surface area contributed by atoms with Crippen LogP contribution in [0.1, 0.15) is 24.5 Å². The summed E-state index contributed by atoms with van der Waals surface area (Å²) < 4.78 is 1.54. The van der Waals surface area contributed by atoms with E-state index in [0.29, 0.717) is 28.3 Å². The zero-order chi connectivity index (χ0) is 20.7. The second kappa shape index (κ2) is 7.40. The molecule has 1 atom stereocenters. The Morgan fingerprint density at radius 3 is 2.69 bits per heavy atom. The number of carboxylic acid groups (broad SMARTS) is 1. The molecule has 2 heterocycles. The minimum atomic E-state index is -0.918. The highest BCUT2D eigenvalue weighted by molar-refractivity contribution is 8.00. The van der Waals surface area contributed by atoms with Crippen molar-refractivity contribution in [3.05, 3.63) is 63.9 Å². The van der Waals surface area contributed by atoms with Crippen LogP contribution < -0.4 is 5.56 Å². The molecule has 7 heteroatoms. The highest BCUT2D eigenvalue weighted by atomic mass is 32.2. The van der Waals surface area contributed by atoms with Gasteiger partial charge >= 0.3 is 5.97 Å². The molecular formula is C22H21N3O3S. The number of H-pyrrole nitrogens is 1. The molecule has 0 aliphatic heterocycles. The molecule has 2 N–H and O–H groups in total. The van der Waals surface area contributed by atoms with Gasteiger partial charge in [-0.05, 0) is 43.5 Å². The van der Waals surface area contributed by atoms with Gasteiger partial charge in [0, 0.05) is 10.9 Å². The molecule has 0 spiro atoms. The number of para-hydroxylation sites is 1. The Balaban J connectivity index is 2.08. The highest BCUT2D eigenvalue weighted by Gasteiger charge is 2.24. The number of hydrogen-bond acceptors (Lipinski definition) is 4. The summed E-state index contributed by atoms with van der Waals surface area (Å²) in [6, 6.07) is 13.3. The molecule has 29 heavy (non-hydrogen) atoms. The van der Waals surface area contributed by atoms with Crippen molar-refractivity contribution < 1.29 is 9.90 Å². The lowest BCUT2D eigenvalue weighted by Gasteiger charge is -2.17. The van der Waals surface area contributed by atoms with Gasteiger partial charge in [0.2, 0.25) is 0 Å². The van der Waals surface area contributed by atoms with Crippen LogP contribution in [0.15, 0.2) is 52.4 Å². The minimum absolute atomic E-state index is 0.234. The molecule has 6 nitrogen and oxygen atoms in total. The lowest BCUT2D eigenvalue weighted by atomic mass is 10.1. The maximum atomic E-state index is 13.6. The third-order valence-corrected chi connectivity index (χ3v) is 6.51. The van der Waals surface area contributed by atoms with Crippen molar-refractivity contribution in [3.8, 4) is 5.69 Å². The van der Waals surface area contributed by atoms with E-state index in [1.807, 2.05) is 63.2 Å². The molecule has 4 aromatic rings. The van der Waals surface area contributed by atoms with Gasteiger partial charge in [-0.15, -0.1) is 0 Å². The van der Waals surface area contributed by atoms with E-state index in [1.165, 1.54) is 4.57 Å². The molecule has 148 valence electrons. The van der Waals surface area contributed by atoms with Crippen LogP contribution in [0.2, 0.25) is 0 Å². The smallest absolute Gasteiger partial charge is 0.317 e. The zero-order valence-electron chi connectivity index (χ0n) is 16.4. The van der Waals surface area contributed by atoms with Gasteiger partial charge in [0.05, 0.1) is 5.69 Å². The first-order chi connectivity index (χ1) is 13.9. The second-order valence-corrected chi connectivity index (χ2v) is 8.17. The van der Waals surface area contributed by atoms with E-state index in [0.717, 1.165) is 33.8 Å². The summed E-state index contributed by atoms with van der Waals surface area (Å²) in [5.41, 5.74) is 4.29. The van der Waals surface area contributed by atoms with Gasteiger partial charge in [-0.2, -0.15) is 0 Å². The first-order valence-corrected chi connectivity index (χ1v) is 10.3. The number of benzene rings is 2. The van der Waals surface area contributed by atoms with Gasteiger partial charge < -0.3 is 10.1 Å². The average Bonchev–Trinajstić information content (AvgIpc) is 3.08. The largest absolute Gasteiger partial charge is 0.480 e. The van der Waals surface area contributed by atoms with Gasteiger partial charge in [-0.25, -0.2) is 4.98 Å². The summed E-state index contributed by atoms with van der Waals surface area (Å²) in [7, 11) is 0. The van der Waals surface area contributed by atoms with E-state index >= 15 is 0 Å². The standard InChI is InChI=1S/C22H21N3O3S/c1-4-17(21(27)28)29-22-24-18-14-9-5-6-10-15(14)23-19(18)20(26)25(22)16-11-7-8-12(2)13(16)3/h5-11,17,23H,4H2,1-3H3,(H,27,28)/t17-/m1/s1. The van der Waals surface area contributed by atoms with E-state index in [1.54, 1.807) is 0 Å². The number of hydrogen-bond donors (Lipinski definition) is 2. The fourth-order valence-electron chi connectivity index (χ4n) is 3.45. The lowest BCUT2D eigenvalue weighted by Crippen LogP contribution is -2.25. The number of carboxylic acids is 1. The van der Waals surface area contributed by atoms with Crippen LogP contribution in [-0.2, 0) is 4.79 Å². The molecule has 4 rings (SSSR count). The number of aliphatic carboxylic acids is 1. The fourth-order valence-corrected chi connectivity index (χ4v) is 4.40. The van der Waals surface area contributed by atoms with E-state index in [9.17, 15) is 14.7 Å². The molecule has 0 aliphatic carbocycles. The van der Waals surface area contributed by atoms with Crippen molar-refractivity contribution in [3.63, 3.8) is 0 Å². The van der Waals surface area contributed by atoms with Crippen molar-refractivity contribution in [2.24, 2.45) is 0 Å². The maximum absolute atomic E-state index is 13.6. The summed E-state index contributed by atoms with van der Waals surface area (Å²) in [6.07, 6.45) is 0.425. The van der Waals surface area contributed by atoms with Crippen molar-refractivity contribution in [2.75, 3.05) is 0 Å². The van der Waals surface area contributed by atoms with E-state index in [2.05, 4.69) is 4.98 Å². The molecular weight excluding hydrogens is 386 g/mol. The second-order valence-electron chi connectivity index (χ2n) is 7.00. The molecule has 0 aliphatic rings. The zero-order valence-corrected chi connectivity index (χ0v) is 17.2. The molecule has 0 fully saturated rings. The van der Waals surface area contributed by atoms with Gasteiger partial charge in [0.1, 0.15) is 16.3 Å². The summed E-state index contributed by atoms with van der Waals surface area (Å²) in [4.78, 5) is 33.2. The third-order valence-electron chi connectivity index (χ3n) is 5.21. The Morgan fingerprint density at radius 1 is 1.21 bits per heavy atom. The third kappa shape index (κ3) is 3.21. The number of fused-ring (bicyclic) bond motifs is 3. The summed E-state index contributed by atoms with van der Waals surface area (Å²) >= 11 is 1.11. The van der Waals surface area contributed by atoms with E-state index in [4.69, 9.17) is 4.98 Å². The van der Waals surface area contributed by atoms with Gasteiger partial charge in [-0.3, -0.25) is 14.2 Å². The van der Waals surface area contributed by atoms with E-state index in [-0.39, 0.29) is 5.56 Å². The number of rotatable bonds is 5. The number of aromatic nitrogens is 3. The molecule has 0 radical (unpaired) electrons. The Hall–Kier alpha value is -3.06. The highest BCUT2D eigenvalue weighted by Crippen LogP contribution is 2.30. The summed E-state index contributed by atoms with van der Waals surface area (Å²) in [5.74, 6) is -0.918. The normalized spacial score (nSPS) is 12.5. The molecule has 0 saturated heterocycles.